The summed E-state index contributed by atoms with van der Waals surface area (Å²) in [6.45, 7) is 0.0989. The second-order valence-electron chi connectivity index (χ2n) is 6.42. The number of benzene rings is 1. The highest BCUT2D eigenvalue weighted by Gasteiger charge is 2.37. The maximum absolute atomic E-state index is 12.6. The predicted octanol–water partition coefficient (Wildman–Crippen LogP) is 1.94. The zero-order valence-corrected chi connectivity index (χ0v) is 16.2. The summed E-state index contributed by atoms with van der Waals surface area (Å²) in [5.74, 6) is 0.874. The first kappa shape index (κ1) is 20.1. The van der Waals surface area contributed by atoms with Crippen LogP contribution in [0.2, 0.25) is 0 Å². The monoisotopic (exact) mass is 398 g/mol. The van der Waals surface area contributed by atoms with Crippen LogP contribution in [0.4, 0.5) is 10.6 Å². The van der Waals surface area contributed by atoms with Crippen LogP contribution >= 0.6 is 0 Å². The second kappa shape index (κ2) is 9.05. The Labute approximate surface area is 168 Å². The number of methoxy groups -OCH3 is 2. The van der Waals surface area contributed by atoms with Crippen molar-refractivity contribution >= 4 is 23.7 Å². The van der Waals surface area contributed by atoms with E-state index in [4.69, 9.17) is 9.47 Å². The molecule has 1 aromatic carbocycles. The van der Waals surface area contributed by atoms with Gasteiger partial charge in [-0.15, -0.1) is 0 Å². The number of rotatable bonds is 8. The topological polar surface area (TPSA) is 110 Å². The van der Waals surface area contributed by atoms with Crippen molar-refractivity contribution in [2.45, 2.75) is 25.4 Å². The van der Waals surface area contributed by atoms with Crippen LogP contribution in [0.25, 0.3) is 0 Å². The Bertz CT molecular complexity index is 903. The molecule has 4 amide bonds. The van der Waals surface area contributed by atoms with E-state index in [-0.39, 0.29) is 31.2 Å². The Morgan fingerprint density at radius 1 is 1.17 bits per heavy atom. The van der Waals surface area contributed by atoms with E-state index in [1.807, 2.05) is 0 Å². The summed E-state index contributed by atoms with van der Waals surface area (Å²) in [4.78, 5) is 42.0. The van der Waals surface area contributed by atoms with E-state index in [1.165, 1.54) is 14.2 Å². The SMILES string of the molecule is COc1ccc(CN2C(=O)N[C@H](CCC(=O)Nc3ccccn3)C2=O)cc1OC. The maximum Gasteiger partial charge on any atom is 0.325 e. The summed E-state index contributed by atoms with van der Waals surface area (Å²) in [5.41, 5.74) is 0.722. The van der Waals surface area contributed by atoms with Crippen molar-refractivity contribution < 1.29 is 23.9 Å². The van der Waals surface area contributed by atoms with E-state index in [9.17, 15) is 14.4 Å². The molecule has 1 fully saturated rings. The van der Waals surface area contributed by atoms with Gasteiger partial charge in [0.2, 0.25) is 5.91 Å². The van der Waals surface area contributed by atoms with Crippen molar-refractivity contribution in [1.29, 1.82) is 0 Å². The molecule has 152 valence electrons. The van der Waals surface area contributed by atoms with E-state index in [0.29, 0.717) is 17.3 Å². The quantitative estimate of drug-likeness (QED) is 0.658. The number of imide groups is 1. The minimum Gasteiger partial charge on any atom is -0.493 e. The van der Waals surface area contributed by atoms with Crippen molar-refractivity contribution in [3.8, 4) is 11.5 Å². The molecule has 1 aliphatic heterocycles. The normalized spacial score (nSPS) is 15.8. The number of carbonyl (C=O) groups is 3. The number of nitrogens with zero attached hydrogens (tertiary/aromatic N) is 2. The number of hydrogen-bond acceptors (Lipinski definition) is 6. The molecular weight excluding hydrogens is 376 g/mol. The molecule has 1 atom stereocenters. The standard InChI is InChI=1S/C20H22N4O5/c1-28-15-8-6-13(11-16(15)29-2)12-24-19(26)14(22-20(24)27)7-9-18(25)23-17-5-3-4-10-21-17/h3-6,8,10-11,14H,7,9,12H2,1-2H3,(H,22,27)(H,21,23,25)/t14-/m1/s1. The third-order valence-electron chi connectivity index (χ3n) is 4.49. The van der Waals surface area contributed by atoms with Crippen LogP contribution in [-0.4, -0.2) is 48.0 Å². The number of aromatic nitrogens is 1. The number of pyridine rings is 1. The summed E-state index contributed by atoms with van der Waals surface area (Å²) in [6, 6.07) is 9.14. The van der Waals surface area contributed by atoms with Gasteiger partial charge < -0.3 is 20.1 Å². The summed E-state index contributed by atoms with van der Waals surface area (Å²) >= 11 is 0. The van der Waals surface area contributed by atoms with Crippen LogP contribution in [0.3, 0.4) is 0 Å². The van der Waals surface area contributed by atoms with Gasteiger partial charge in [-0.05, 0) is 36.2 Å². The summed E-state index contributed by atoms with van der Waals surface area (Å²) in [5, 5.41) is 5.28. The lowest BCUT2D eigenvalue weighted by Crippen LogP contribution is -2.31. The summed E-state index contributed by atoms with van der Waals surface area (Å²) in [6.07, 6.45) is 1.85. The fraction of sp³-hybridized carbons (Fsp3) is 0.300. The zero-order valence-electron chi connectivity index (χ0n) is 16.2. The Morgan fingerprint density at radius 3 is 2.66 bits per heavy atom. The first-order chi connectivity index (χ1) is 14.0. The molecular formula is C20H22N4O5. The first-order valence-electron chi connectivity index (χ1n) is 9.05. The number of carbonyl (C=O) groups excluding carboxylic acids is 3. The molecule has 0 radical (unpaired) electrons. The third-order valence-corrected chi connectivity index (χ3v) is 4.49. The second-order valence-corrected chi connectivity index (χ2v) is 6.42. The van der Waals surface area contributed by atoms with Crippen LogP contribution in [0.15, 0.2) is 42.6 Å². The van der Waals surface area contributed by atoms with Crippen molar-refractivity contribution in [3.05, 3.63) is 48.2 Å². The molecule has 1 aliphatic rings. The fourth-order valence-corrected chi connectivity index (χ4v) is 3.00. The highest BCUT2D eigenvalue weighted by atomic mass is 16.5. The number of urea groups is 1. The number of hydrogen-bond donors (Lipinski definition) is 2. The average Bonchev–Trinajstić information content (AvgIpc) is 3.00. The lowest BCUT2D eigenvalue weighted by molar-refractivity contribution is -0.128. The Kier molecular flexibility index (Phi) is 6.28. The minimum absolute atomic E-state index is 0.0808. The van der Waals surface area contributed by atoms with E-state index in [0.717, 1.165) is 10.5 Å². The van der Waals surface area contributed by atoms with Gasteiger partial charge in [-0.1, -0.05) is 12.1 Å². The lowest BCUT2D eigenvalue weighted by Gasteiger charge is -2.15. The highest BCUT2D eigenvalue weighted by molar-refractivity contribution is 6.04. The molecule has 0 saturated carbocycles. The van der Waals surface area contributed by atoms with Gasteiger partial charge in [0.15, 0.2) is 11.5 Å². The van der Waals surface area contributed by atoms with Gasteiger partial charge in [0, 0.05) is 12.6 Å². The molecule has 9 heteroatoms. The Hall–Kier alpha value is -3.62. The van der Waals surface area contributed by atoms with Crippen LogP contribution in [-0.2, 0) is 16.1 Å². The molecule has 0 unspecified atom stereocenters. The van der Waals surface area contributed by atoms with E-state index >= 15 is 0 Å². The first-order valence-corrected chi connectivity index (χ1v) is 9.05. The summed E-state index contributed by atoms with van der Waals surface area (Å²) in [7, 11) is 3.05. The number of nitrogens with one attached hydrogen (secondary N) is 2. The van der Waals surface area contributed by atoms with Crippen LogP contribution < -0.4 is 20.1 Å². The van der Waals surface area contributed by atoms with E-state index in [2.05, 4.69) is 15.6 Å². The largest absolute Gasteiger partial charge is 0.493 e. The molecule has 29 heavy (non-hydrogen) atoms. The molecule has 2 aromatic rings. The Balaban J connectivity index is 1.57. The third kappa shape index (κ3) is 4.81. The van der Waals surface area contributed by atoms with Gasteiger partial charge in [0.05, 0.1) is 20.8 Å². The van der Waals surface area contributed by atoms with Gasteiger partial charge in [-0.3, -0.25) is 14.5 Å². The molecule has 2 heterocycles. The van der Waals surface area contributed by atoms with Gasteiger partial charge in [0.25, 0.3) is 5.91 Å². The van der Waals surface area contributed by atoms with E-state index < -0.39 is 12.1 Å². The van der Waals surface area contributed by atoms with Crippen molar-refractivity contribution in [1.82, 2.24) is 15.2 Å². The van der Waals surface area contributed by atoms with Gasteiger partial charge in [-0.2, -0.15) is 0 Å². The van der Waals surface area contributed by atoms with Gasteiger partial charge >= 0.3 is 6.03 Å². The molecule has 0 aliphatic carbocycles. The van der Waals surface area contributed by atoms with Crippen LogP contribution in [0, 0.1) is 0 Å². The van der Waals surface area contributed by atoms with Gasteiger partial charge in [-0.25, -0.2) is 9.78 Å². The van der Waals surface area contributed by atoms with E-state index in [1.54, 1.807) is 42.6 Å². The highest BCUT2D eigenvalue weighted by Crippen LogP contribution is 2.28. The van der Waals surface area contributed by atoms with Crippen LogP contribution in [0.5, 0.6) is 11.5 Å². The number of amides is 4. The lowest BCUT2D eigenvalue weighted by atomic mass is 10.1. The molecule has 0 spiro atoms. The zero-order chi connectivity index (χ0) is 20.8. The van der Waals surface area contributed by atoms with Crippen LogP contribution in [0.1, 0.15) is 18.4 Å². The van der Waals surface area contributed by atoms with Crippen molar-refractivity contribution in [2.24, 2.45) is 0 Å². The number of ether oxygens (including phenoxy) is 2. The predicted molar refractivity (Wildman–Crippen MR) is 105 cm³/mol. The van der Waals surface area contributed by atoms with Crippen molar-refractivity contribution in [2.75, 3.05) is 19.5 Å². The summed E-state index contributed by atoms with van der Waals surface area (Å²) < 4.78 is 10.4. The fourth-order valence-electron chi connectivity index (χ4n) is 3.00. The molecule has 0 bridgehead atoms. The van der Waals surface area contributed by atoms with Crippen molar-refractivity contribution in [3.63, 3.8) is 0 Å². The molecule has 3 rings (SSSR count). The van der Waals surface area contributed by atoms with Gasteiger partial charge in [0.1, 0.15) is 11.9 Å². The Morgan fingerprint density at radius 2 is 1.97 bits per heavy atom. The molecule has 1 aromatic heterocycles. The molecule has 2 N–H and O–H groups in total. The maximum atomic E-state index is 12.6. The minimum atomic E-state index is -0.739. The molecule has 9 nitrogen and oxygen atoms in total. The smallest absolute Gasteiger partial charge is 0.325 e. The average molecular weight is 398 g/mol. The number of anilines is 1. The molecule has 1 saturated heterocycles.